The molecule has 0 rings (SSSR count). The van der Waals surface area contributed by atoms with E-state index in [1.165, 1.54) is 0 Å². The first-order valence-corrected chi connectivity index (χ1v) is 0. The van der Waals surface area contributed by atoms with Gasteiger partial charge in [-0.1, -0.05) is 0 Å². The Morgan fingerprint density at radius 3 is 1.25 bits per heavy atom. The van der Waals surface area contributed by atoms with E-state index in [4.69, 9.17) is 0 Å². The van der Waals surface area contributed by atoms with E-state index in [9.17, 15) is 0 Å². The largest absolute Gasteiger partial charge is 2.00 e. The van der Waals surface area contributed by atoms with E-state index in [1.807, 2.05) is 0 Å². The van der Waals surface area contributed by atoms with Crippen molar-refractivity contribution in [2.45, 2.75) is 0 Å². The standard InChI is InChI=1S/Al.Ca.Fe.H2O.5H/h;;;1H2;;;;;/q;+2;;;;;;2*-1. The Kier molecular flexibility index (Phi) is 157. The van der Waals surface area contributed by atoms with Gasteiger partial charge in [0.1, 0.15) is 0 Å². The average molecular weight is 146 g/mol. The molecule has 0 aromatic rings. The Morgan fingerprint density at radius 1 is 1.25 bits per heavy atom. The normalized spacial score (nSPS) is 0. The van der Waals surface area contributed by atoms with Crippen molar-refractivity contribution in [1.82, 2.24) is 0 Å². The smallest absolute Gasteiger partial charge is 1.00 e. The summed E-state index contributed by atoms with van der Waals surface area (Å²) in [6, 6.07) is 0. The van der Waals surface area contributed by atoms with Gasteiger partial charge in [0.15, 0.2) is 17.4 Å². The molecule has 0 heterocycles. The molecule has 2 N–H and O–H groups in total. The van der Waals surface area contributed by atoms with Crippen molar-refractivity contribution in [2.75, 3.05) is 0 Å². The molecule has 26 valence electrons. The molecule has 0 aliphatic carbocycles. The van der Waals surface area contributed by atoms with Crippen LogP contribution >= 0.6 is 0 Å². The van der Waals surface area contributed by atoms with Gasteiger partial charge in [0.25, 0.3) is 0 Å². The summed E-state index contributed by atoms with van der Waals surface area (Å²) in [4.78, 5) is 0. The minimum Gasteiger partial charge on any atom is -1.00 e. The van der Waals surface area contributed by atoms with Crippen LogP contribution in [-0.2, 0) is 17.1 Å². The molecule has 0 fully saturated rings. The third-order valence-corrected chi connectivity index (χ3v) is 0. The fraction of sp³-hybridized carbons (Fsp3) is 0. The van der Waals surface area contributed by atoms with Gasteiger partial charge < -0.3 is 8.33 Å². The maximum atomic E-state index is 0. The van der Waals surface area contributed by atoms with Crippen LogP contribution in [-0.4, -0.2) is 60.6 Å². The maximum Gasteiger partial charge on any atom is 2.00 e. The molecule has 0 amide bonds. The second-order valence-corrected chi connectivity index (χ2v) is 0. The van der Waals surface area contributed by atoms with Gasteiger partial charge in [0, 0.05) is 17.1 Å². The van der Waals surface area contributed by atoms with Crippen LogP contribution in [0.1, 0.15) is 2.85 Å². The zero-order chi connectivity index (χ0) is 0. The number of hydrogen-bond donors (Lipinski definition) is 0. The van der Waals surface area contributed by atoms with Gasteiger partial charge in [0.2, 0.25) is 0 Å². The van der Waals surface area contributed by atoms with E-state index in [2.05, 4.69) is 0 Å². The van der Waals surface area contributed by atoms with Crippen LogP contribution in [0.3, 0.4) is 0 Å². The van der Waals surface area contributed by atoms with Crippen molar-refractivity contribution in [3.05, 3.63) is 0 Å². The second kappa shape index (κ2) is 18.6. The topological polar surface area (TPSA) is 31.5 Å². The molecule has 0 aliphatic rings. The molecule has 0 aromatic carbocycles. The fourth-order valence-corrected chi connectivity index (χ4v) is 0. The Hall–Kier alpha value is 2.27. The van der Waals surface area contributed by atoms with Crippen molar-refractivity contribution in [2.24, 2.45) is 0 Å². The van der Waals surface area contributed by atoms with E-state index in [0.29, 0.717) is 0 Å². The summed E-state index contributed by atoms with van der Waals surface area (Å²) >= 11 is 0. The zero-order valence-corrected chi connectivity index (χ0v) is 4.87. The fourth-order valence-electron chi connectivity index (χ4n) is 0. The number of hydrogen-bond acceptors (Lipinski definition) is 0. The SMILES string of the molecule is O.[AlH3].[Ca+2].[Fe].[H-].[H-]. The predicted molar refractivity (Wildman–Crippen MR) is 21.5 cm³/mol. The molecule has 0 saturated heterocycles. The van der Waals surface area contributed by atoms with Gasteiger partial charge in [-0.3, -0.25) is 0 Å². The molecule has 4 heavy (non-hydrogen) atoms. The van der Waals surface area contributed by atoms with Crippen LogP contribution in [0.5, 0.6) is 0 Å². The van der Waals surface area contributed by atoms with Crippen molar-refractivity contribution in [3.8, 4) is 0 Å². The first-order valence-electron chi connectivity index (χ1n) is 0. The van der Waals surface area contributed by atoms with Crippen molar-refractivity contribution in [1.29, 1.82) is 0 Å². The molecule has 1 nitrogen and oxygen atoms in total. The van der Waals surface area contributed by atoms with Crippen LogP contribution in [0.15, 0.2) is 0 Å². The van der Waals surface area contributed by atoms with Crippen molar-refractivity contribution >= 4 is 55.1 Å². The molecular weight excluding hydrogens is 139 g/mol. The van der Waals surface area contributed by atoms with Crippen LogP contribution in [0, 0.1) is 0 Å². The van der Waals surface area contributed by atoms with Crippen LogP contribution in [0.4, 0.5) is 0 Å². The van der Waals surface area contributed by atoms with Gasteiger partial charge >= 0.3 is 37.7 Å². The molecule has 0 radical (unpaired) electrons. The average Bonchev–Trinajstić information content (AvgIpc) is 0. The molecule has 4 heteroatoms. The molecule has 0 spiro atoms. The second-order valence-electron chi connectivity index (χ2n) is 0. The Morgan fingerprint density at radius 2 is 1.25 bits per heavy atom. The van der Waals surface area contributed by atoms with E-state index in [-0.39, 0.29) is 80.5 Å². The summed E-state index contributed by atoms with van der Waals surface area (Å²) in [5, 5.41) is 0. The summed E-state index contributed by atoms with van der Waals surface area (Å²) in [5.41, 5.74) is 0. The summed E-state index contributed by atoms with van der Waals surface area (Å²) in [6.45, 7) is 0. The quantitative estimate of drug-likeness (QED) is 0.348. The van der Waals surface area contributed by atoms with Gasteiger partial charge in [-0.25, -0.2) is 0 Å². The van der Waals surface area contributed by atoms with Gasteiger partial charge in [-0.15, -0.1) is 0 Å². The van der Waals surface area contributed by atoms with E-state index in [0.717, 1.165) is 0 Å². The Bertz CT molecular complexity index is 13.5. The summed E-state index contributed by atoms with van der Waals surface area (Å²) in [5.74, 6) is 0. The van der Waals surface area contributed by atoms with Gasteiger partial charge in [0.05, 0.1) is 0 Å². The van der Waals surface area contributed by atoms with Crippen LogP contribution in [0.25, 0.3) is 0 Å². The zero-order valence-electron chi connectivity index (χ0n) is 3.56. The summed E-state index contributed by atoms with van der Waals surface area (Å²) < 4.78 is 0. The summed E-state index contributed by atoms with van der Waals surface area (Å²) in [6.07, 6.45) is 0. The molecule has 0 bridgehead atoms. The van der Waals surface area contributed by atoms with E-state index in [1.54, 1.807) is 0 Å². The monoisotopic (exact) mass is 146 g/mol. The third-order valence-electron chi connectivity index (χ3n) is 0. The van der Waals surface area contributed by atoms with Crippen LogP contribution in [0.2, 0.25) is 0 Å². The number of rotatable bonds is 0. The summed E-state index contributed by atoms with van der Waals surface area (Å²) in [7, 11) is 0. The van der Waals surface area contributed by atoms with Crippen molar-refractivity contribution in [3.63, 3.8) is 0 Å². The van der Waals surface area contributed by atoms with Crippen molar-refractivity contribution < 1.29 is 25.4 Å². The molecule has 0 unspecified atom stereocenters. The Balaban J connectivity index is 0. The minimum atomic E-state index is 0. The molecule has 0 aliphatic heterocycles. The predicted octanol–water partition coefficient (Wildman–Crippen LogP) is -2.17. The first-order chi connectivity index (χ1) is 0. The molecular formula is H7AlCaFeO. The van der Waals surface area contributed by atoms with E-state index >= 15 is 0 Å². The van der Waals surface area contributed by atoms with E-state index < -0.39 is 0 Å². The maximum absolute atomic E-state index is 0. The first kappa shape index (κ1) is 33.8. The van der Waals surface area contributed by atoms with Gasteiger partial charge in [-0.05, 0) is 0 Å². The molecule has 0 saturated carbocycles. The Labute approximate surface area is 79.4 Å². The molecule has 0 aromatic heterocycles. The minimum absolute atomic E-state index is 0. The molecule has 0 atom stereocenters. The van der Waals surface area contributed by atoms with Crippen LogP contribution < -0.4 is 0 Å². The third kappa shape index (κ3) is 8.86. The van der Waals surface area contributed by atoms with Gasteiger partial charge in [-0.2, -0.15) is 0 Å².